The molecular formula is C34H32O6Ti. The molecule has 0 bridgehead atoms. The minimum atomic E-state index is -1.13. The first-order chi connectivity index (χ1) is 19.4. The number of carbonyl (C=O) groups excluding carboxylic acids is 3. The summed E-state index contributed by atoms with van der Waals surface area (Å²) in [5, 5.41) is 30.3. The van der Waals surface area contributed by atoms with Crippen molar-refractivity contribution in [3.8, 4) is 0 Å². The molecule has 0 aromatic heterocycles. The summed E-state index contributed by atoms with van der Waals surface area (Å²) in [5.74, 6) is -3.39. The Balaban J connectivity index is 0.000000193. The molecule has 7 heteroatoms. The molecule has 6 nitrogen and oxygen atoms in total. The Kier molecular flexibility index (Phi) is 14.4. The quantitative estimate of drug-likeness (QED) is 0.269. The summed E-state index contributed by atoms with van der Waals surface area (Å²) in [6.07, 6.45) is 11.2. The number of hydrogen-bond donors (Lipinski definition) is 0. The van der Waals surface area contributed by atoms with Crippen molar-refractivity contribution in [1.29, 1.82) is 0 Å². The smallest absolute Gasteiger partial charge is 0.545 e. The van der Waals surface area contributed by atoms with E-state index in [2.05, 4.69) is 6.07 Å². The Labute approximate surface area is 255 Å². The summed E-state index contributed by atoms with van der Waals surface area (Å²) >= 11 is 0. The normalized spacial score (nSPS) is 12.5. The summed E-state index contributed by atoms with van der Waals surface area (Å²) in [7, 11) is 0. The molecule has 0 N–H and O–H groups in total. The summed E-state index contributed by atoms with van der Waals surface area (Å²) in [6, 6.07) is 26.7. The Bertz CT molecular complexity index is 1220. The number of carboxylic acid groups (broad SMARTS) is 3. The van der Waals surface area contributed by atoms with Gasteiger partial charge in [0.15, 0.2) is 0 Å². The molecule has 6 rings (SSSR count). The molecule has 0 heterocycles. The maximum Gasteiger partial charge on any atom is 4.00 e. The fourth-order valence-corrected chi connectivity index (χ4v) is 4.80. The SMILES string of the molecule is O=C([O-])c1ccccc1.O=C([O-])c1ccccc1.O=C([O-])c1ccccc1.[Ti+4].[cH-]1c2c(c3c1CCCC3)CCCC2. The topological polar surface area (TPSA) is 120 Å². The van der Waals surface area contributed by atoms with E-state index in [9.17, 15) is 29.7 Å². The maximum atomic E-state index is 10.1. The van der Waals surface area contributed by atoms with E-state index in [0.29, 0.717) is 0 Å². The van der Waals surface area contributed by atoms with Gasteiger partial charge in [0.2, 0.25) is 0 Å². The van der Waals surface area contributed by atoms with Crippen molar-refractivity contribution in [2.24, 2.45) is 0 Å². The van der Waals surface area contributed by atoms with Crippen LogP contribution in [0.25, 0.3) is 0 Å². The molecule has 0 fully saturated rings. The molecule has 208 valence electrons. The largest absolute Gasteiger partial charge is 4.00 e. The van der Waals surface area contributed by atoms with Gasteiger partial charge in [-0.1, -0.05) is 142 Å². The summed E-state index contributed by atoms with van der Waals surface area (Å²) in [4.78, 5) is 30.3. The van der Waals surface area contributed by atoms with Gasteiger partial charge in [0.1, 0.15) is 0 Å². The molecule has 2 aliphatic carbocycles. The molecule has 4 aromatic rings. The minimum Gasteiger partial charge on any atom is -0.545 e. The maximum absolute atomic E-state index is 10.1. The minimum absolute atomic E-state index is 0. The van der Waals surface area contributed by atoms with E-state index in [1.807, 2.05) is 0 Å². The molecule has 0 unspecified atom stereocenters. The van der Waals surface area contributed by atoms with Gasteiger partial charge in [0.25, 0.3) is 0 Å². The second-order valence-corrected chi connectivity index (χ2v) is 9.53. The van der Waals surface area contributed by atoms with E-state index < -0.39 is 17.9 Å². The predicted octanol–water partition coefficient (Wildman–Crippen LogP) is 3.31. The molecule has 0 atom stereocenters. The zero-order valence-corrected chi connectivity index (χ0v) is 24.4. The average molecular weight is 584 g/mol. The van der Waals surface area contributed by atoms with Crippen LogP contribution in [-0.4, -0.2) is 17.9 Å². The average Bonchev–Trinajstić information content (AvgIpc) is 3.38. The second-order valence-electron chi connectivity index (χ2n) is 9.53. The van der Waals surface area contributed by atoms with Gasteiger partial charge in [-0.2, -0.15) is 28.3 Å². The third kappa shape index (κ3) is 10.9. The van der Waals surface area contributed by atoms with Crippen molar-refractivity contribution < 1.29 is 51.4 Å². The van der Waals surface area contributed by atoms with Gasteiger partial charge in [-0.25, -0.2) is 0 Å². The van der Waals surface area contributed by atoms with Gasteiger partial charge in [0.05, 0.1) is 17.9 Å². The van der Waals surface area contributed by atoms with Crippen molar-refractivity contribution in [2.75, 3.05) is 0 Å². The van der Waals surface area contributed by atoms with Crippen molar-refractivity contribution in [3.63, 3.8) is 0 Å². The number of carbonyl (C=O) groups is 3. The van der Waals surface area contributed by atoms with Gasteiger partial charge >= 0.3 is 21.7 Å². The van der Waals surface area contributed by atoms with Gasteiger partial charge < -0.3 is 29.7 Å². The zero-order valence-electron chi connectivity index (χ0n) is 22.8. The summed E-state index contributed by atoms with van der Waals surface area (Å²) < 4.78 is 0. The first-order valence-corrected chi connectivity index (χ1v) is 13.4. The third-order valence-electron chi connectivity index (χ3n) is 6.76. The van der Waals surface area contributed by atoms with Gasteiger partial charge in [-0.3, -0.25) is 0 Å². The number of hydrogen-bond acceptors (Lipinski definition) is 6. The van der Waals surface area contributed by atoms with Crippen LogP contribution in [0.1, 0.15) is 79.0 Å². The molecular weight excluding hydrogens is 552 g/mol. The van der Waals surface area contributed by atoms with Crippen LogP contribution in [-0.2, 0) is 47.4 Å². The zero-order chi connectivity index (χ0) is 28.7. The summed E-state index contributed by atoms with van der Waals surface area (Å²) in [6.45, 7) is 0. The molecule has 0 saturated heterocycles. The Morgan fingerprint density at radius 3 is 0.976 bits per heavy atom. The summed E-state index contributed by atoms with van der Waals surface area (Å²) in [5.41, 5.74) is 7.60. The van der Waals surface area contributed by atoms with Crippen LogP contribution >= 0.6 is 0 Å². The predicted molar refractivity (Wildman–Crippen MR) is 148 cm³/mol. The number of aryl methyl sites for hydroxylation is 2. The number of rotatable bonds is 3. The molecule has 2 aliphatic rings. The molecule has 0 radical (unpaired) electrons. The number of aromatic carboxylic acids is 3. The fraction of sp³-hybridized carbons (Fsp3) is 0.235. The van der Waals surface area contributed by atoms with Crippen LogP contribution in [0.3, 0.4) is 0 Å². The van der Waals surface area contributed by atoms with E-state index in [-0.39, 0.29) is 38.4 Å². The van der Waals surface area contributed by atoms with Crippen LogP contribution in [0, 0.1) is 0 Å². The van der Waals surface area contributed by atoms with Gasteiger partial charge in [-0.05, 0) is 16.7 Å². The number of benzene rings is 3. The van der Waals surface area contributed by atoms with E-state index >= 15 is 0 Å². The standard InChI is InChI=1S/C13H17.3C7H6O2.Ti/c1-3-7-12-10(5-1)9-11-6-2-4-8-13(11)12;3*8-7(9)6-4-2-1-3-5-6;/h9H,1-8H2;3*1-5H,(H,8,9);/q-1;;;;+4/p-3. The van der Waals surface area contributed by atoms with E-state index in [1.165, 1.54) is 87.8 Å². The van der Waals surface area contributed by atoms with Crippen LogP contribution < -0.4 is 15.3 Å². The first-order valence-electron chi connectivity index (χ1n) is 13.4. The van der Waals surface area contributed by atoms with Gasteiger partial charge in [-0.15, -0.1) is 0 Å². The van der Waals surface area contributed by atoms with E-state index in [1.54, 1.807) is 76.9 Å². The number of carboxylic acids is 3. The van der Waals surface area contributed by atoms with Crippen molar-refractivity contribution in [3.05, 3.63) is 136 Å². The van der Waals surface area contributed by atoms with E-state index in [4.69, 9.17) is 0 Å². The third-order valence-corrected chi connectivity index (χ3v) is 6.76. The van der Waals surface area contributed by atoms with Crippen molar-refractivity contribution >= 4 is 17.9 Å². The first kappa shape index (κ1) is 33.3. The van der Waals surface area contributed by atoms with Crippen LogP contribution in [0.15, 0.2) is 97.1 Å². The van der Waals surface area contributed by atoms with Crippen molar-refractivity contribution in [2.45, 2.75) is 51.4 Å². The van der Waals surface area contributed by atoms with Crippen LogP contribution in [0.4, 0.5) is 0 Å². The molecule has 0 amide bonds. The monoisotopic (exact) mass is 584 g/mol. The Morgan fingerprint density at radius 1 is 0.463 bits per heavy atom. The number of fused-ring (bicyclic) bond motifs is 3. The Hall–Kier alpha value is -3.87. The fourth-order valence-electron chi connectivity index (χ4n) is 4.80. The molecule has 0 aliphatic heterocycles. The molecule has 4 aromatic carbocycles. The second kappa shape index (κ2) is 17.7. The van der Waals surface area contributed by atoms with Crippen molar-refractivity contribution in [1.82, 2.24) is 0 Å². The molecule has 0 spiro atoms. The van der Waals surface area contributed by atoms with Crippen LogP contribution in [0.5, 0.6) is 0 Å². The van der Waals surface area contributed by atoms with E-state index in [0.717, 1.165) is 0 Å². The molecule has 41 heavy (non-hydrogen) atoms. The van der Waals surface area contributed by atoms with Crippen LogP contribution in [0.2, 0.25) is 0 Å². The van der Waals surface area contributed by atoms with Gasteiger partial charge in [0, 0.05) is 0 Å². The molecule has 0 saturated carbocycles. The Morgan fingerprint density at radius 2 is 0.732 bits per heavy atom.